The third kappa shape index (κ3) is 3.71. The predicted molar refractivity (Wildman–Crippen MR) is 80.4 cm³/mol. The van der Waals surface area contributed by atoms with Crippen molar-refractivity contribution in [3.05, 3.63) is 0 Å². The maximum Gasteiger partial charge on any atom is 0.00964 e. The molecule has 2 aliphatic heterocycles. The second-order valence-electron chi connectivity index (χ2n) is 7.16. The summed E-state index contributed by atoms with van der Waals surface area (Å²) in [7, 11) is 2.27. The van der Waals surface area contributed by atoms with Gasteiger partial charge in [-0.25, -0.2) is 0 Å². The van der Waals surface area contributed by atoms with Gasteiger partial charge in [0.25, 0.3) is 0 Å². The van der Waals surface area contributed by atoms with E-state index in [0.29, 0.717) is 6.04 Å². The molecule has 0 aromatic rings. The number of likely N-dealkylation sites (tertiary alicyclic amines) is 2. The first-order valence-electron chi connectivity index (χ1n) is 8.41. The van der Waals surface area contributed by atoms with Crippen LogP contribution in [0.5, 0.6) is 0 Å². The minimum Gasteiger partial charge on any atom is -0.311 e. The lowest BCUT2D eigenvalue weighted by Gasteiger charge is -2.38. The Bertz CT molecular complexity index is 282. The molecule has 1 saturated carbocycles. The van der Waals surface area contributed by atoms with E-state index in [0.717, 1.165) is 18.0 Å². The summed E-state index contributed by atoms with van der Waals surface area (Å²) in [6, 6.07) is 2.43. The molecule has 19 heavy (non-hydrogen) atoms. The highest BCUT2D eigenvalue weighted by Gasteiger charge is 2.32. The molecule has 2 saturated heterocycles. The van der Waals surface area contributed by atoms with Crippen molar-refractivity contribution in [3.8, 4) is 0 Å². The van der Waals surface area contributed by atoms with Crippen LogP contribution in [0, 0.1) is 5.92 Å². The molecular formula is C16H31N3. The summed E-state index contributed by atoms with van der Waals surface area (Å²) < 4.78 is 0. The second-order valence-corrected chi connectivity index (χ2v) is 7.16. The molecule has 1 aliphatic carbocycles. The van der Waals surface area contributed by atoms with Crippen molar-refractivity contribution in [1.82, 2.24) is 15.1 Å². The number of hydrogen-bond donors (Lipinski definition) is 1. The van der Waals surface area contributed by atoms with Crippen molar-refractivity contribution >= 4 is 0 Å². The number of nitrogens with zero attached hydrogens (tertiary/aromatic N) is 2. The standard InChI is InChI=1S/C16H31N3/c1-13(14-4-3-9-18(2)12-14)17-15-7-10-19(11-8-15)16-5-6-16/h13-17H,3-12H2,1-2H3. The van der Waals surface area contributed by atoms with Gasteiger partial charge in [-0.2, -0.15) is 0 Å². The second kappa shape index (κ2) is 6.11. The van der Waals surface area contributed by atoms with Gasteiger partial charge in [0.2, 0.25) is 0 Å². The van der Waals surface area contributed by atoms with Crippen molar-refractivity contribution in [1.29, 1.82) is 0 Å². The molecule has 1 N–H and O–H groups in total. The van der Waals surface area contributed by atoms with E-state index < -0.39 is 0 Å². The van der Waals surface area contributed by atoms with E-state index >= 15 is 0 Å². The molecule has 0 spiro atoms. The summed E-state index contributed by atoms with van der Waals surface area (Å²) in [5.41, 5.74) is 0. The van der Waals surface area contributed by atoms with Gasteiger partial charge >= 0.3 is 0 Å². The Morgan fingerprint density at radius 1 is 1.00 bits per heavy atom. The lowest BCUT2D eigenvalue weighted by Crippen LogP contribution is -2.50. The highest BCUT2D eigenvalue weighted by molar-refractivity contribution is 4.90. The first kappa shape index (κ1) is 13.8. The van der Waals surface area contributed by atoms with Crippen LogP contribution in [0.1, 0.15) is 45.4 Å². The molecule has 0 aromatic heterocycles. The molecular weight excluding hydrogens is 234 g/mol. The largest absolute Gasteiger partial charge is 0.311 e. The minimum absolute atomic E-state index is 0.695. The van der Waals surface area contributed by atoms with Gasteiger partial charge in [0, 0.05) is 24.7 Å². The average molecular weight is 265 g/mol. The number of hydrogen-bond acceptors (Lipinski definition) is 3. The van der Waals surface area contributed by atoms with E-state index in [2.05, 4.69) is 29.1 Å². The van der Waals surface area contributed by atoms with Gasteiger partial charge in [-0.15, -0.1) is 0 Å². The molecule has 3 fully saturated rings. The monoisotopic (exact) mass is 265 g/mol. The summed E-state index contributed by atoms with van der Waals surface area (Å²) in [6.07, 6.45) is 8.45. The van der Waals surface area contributed by atoms with Gasteiger partial charge in [-0.05, 0) is 78.0 Å². The summed E-state index contributed by atoms with van der Waals surface area (Å²) >= 11 is 0. The number of rotatable bonds is 4. The summed E-state index contributed by atoms with van der Waals surface area (Å²) in [4.78, 5) is 5.22. The van der Waals surface area contributed by atoms with Gasteiger partial charge in [-0.3, -0.25) is 0 Å². The Morgan fingerprint density at radius 3 is 2.37 bits per heavy atom. The van der Waals surface area contributed by atoms with E-state index in [9.17, 15) is 0 Å². The van der Waals surface area contributed by atoms with E-state index in [-0.39, 0.29) is 0 Å². The Hall–Kier alpha value is -0.120. The Balaban J connectivity index is 1.40. The molecule has 3 rings (SSSR count). The SMILES string of the molecule is CC(NC1CCN(C2CC2)CC1)C1CCCN(C)C1. The predicted octanol–water partition coefficient (Wildman–Crippen LogP) is 1.93. The van der Waals surface area contributed by atoms with E-state index in [4.69, 9.17) is 0 Å². The summed E-state index contributed by atoms with van der Waals surface area (Å²) in [5.74, 6) is 0.861. The molecule has 110 valence electrons. The molecule has 0 radical (unpaired) electrons. The van der Waals surface area contributed by atoms with E-state index in [1.54, 1.807) is 0 Å². The van der Waals surface area contributed by atoms with Crippen LogP contribution in [0.2, 0.25) is 0 Å². The Morgan fingerprint density at radius 2 is 1.74 bits per heavy atom. The van der Waals surface area contributed by atoms with Crippen LogP contribution >= 0.6 is 0 Å². The Labute approximate surface area is 118 Å². The molecule has 2 atom stereocenters. The van der Waals surface area contributed by atoms with Crippen molar-refractivity contribution in [2.45, 2.75) is 63.6 Å². The van der Waals surface area contributed by atoms with Gasteiger partial charge in [0.15, 0.2) is 0 Å². The van der Waals surface area contributed by atoms with Gasteiger partial charge in [0.05, 0.1) is 0 Å². The zero-order chi connectivity index (χ0) is 13.2. The third-order valence-electron chi connectivity index (χ3n) is 5.46. The highest BCUT2D eigenvalue weighted by atomic mass is 15.2. The average Bonchev–Trinajstić information content (AvgIpc) is 3.24. The smallest absolute Gasteiger partial charge is 0.00964 e. The lowest BCUT2D eigenvalue weighted by atomic mass is 9.90. The first-order chi connectivity index (χ1) is 9.22. The van der Waals surface area contributed by atoms with Crippen LogP contribution in [0.25, 0.3) is 0 Å². The number of nitrogens with one attached hydrogen (secondary N) is 1. The zero-order valence-electron chi connectivity index (χ0n) is 12.8. The van der Waals surface area contributed by atoms with E-state index in [1.807, 2.05) is 0 Å². The zero-order valence-corrected chi connectivity index (χ0v) is 12.8. The highest BCUT2D eigenvalue weighted by Crippen LogP contribution is 2.29. The fourth-order valence-corrected chi connectivity index (χ4v) is 3.99. The molecule has 0 aromatic carbocycles. The fraction of sp³-hybridized carbons (Fsp3) is 1.00. The van der Waals surface area contributed by atoms with Crippen LogP contribution < -0.4 is 5.32 Å². The summed E-state index contributed by atoms with van der Waals surface area (Å²) in [5, 5.41) is 3.94. The Kier molecular flexibility index (Phi) is 4.45. The summed E-state index contributed by atoms with van der Waals surface area (Å²) in [6.45, 7) is 7.66. The normalized spacial score (nSPS) is 33.5. The van der Waals surface area contributed by atoms with Crippen LogP contribution in [0.3, 0.4) is 0 Å². The molecule has 0 bridgehead atoms. The van der Waals surface area contributed by atoms with E-state index in [1.165, 1.54) is 64.7 Å². The van der Waals surface area contributed by atoms with Gasteiger partial charge in [0.1, 0.15) is 0 Å². The minimum atomic E-state index is 0.695. The van der Waals surface area contributed by atoms with Crippen molar-refractivity contribution in [2.24, 2.45) is 5.92 Å². The van der Waals surface area contributed by atoms with Crippen LogP contribution in [0.4, 0.5) is 0 Å². The van der Waals surface area contributed by atoms with Crippen LogP contribution in [0.15, 0.2) is 0 Å². The number of piperidine rings is 2. The molecule has 2 heterocycles. The maximum absolute atomic E-state index is 3.94. The first-order valence-corrected chi connectivity index (χ1v) is 8.41. The fourth-order valence-electron chi connectivity index (χ4n) is 3.99. The molecule has 2 unspecified atom stereocenters. The maximum atomic E-state index is 3.94. The topological polar surface area (TPSA) is 18.5 Å². The lowest BCUT2D eigenvalue weighted by molar-refractivity contribution is 0.147. The third-order valence-corrected chi connectivity index (χ3v) is 5.46. The molecule has 3 nitrogen and oxygen atoms in total. The van der Waals surface area contributed by atoms with Crippen LogP contribution in [-0.4, -0.2) is 61.2 Å². The van der Waals surface area contributed by atoms with Crippen molar-refractivity contribution in [2.75, 3.05) is 33.2 Å². The van der Waals surface area contributed by atoms with Gasteiger partial charge in [-0.1, -0.05) is 0 Å². The van der Waals surface area contributed by atoms with Gasteiger partial charge < -0.3 is 15.1 Å². The van der Waals surface area contributed by atoms with Crippen LogP contribution in [-0.2, 0) is 0 Å². The molecule has 0 amide bonds. The quantitative estimate of drug-likeness (QED) is 0.838. The molecule has 3 aliphatic rings. The molecule has 3 heteroatoms. The van der Waals surface area contributed by atoms with Crippen molar-refractivity contribution in [3.63, 3.8) is 0 Å². The van der Waals surface area contributed by atoms with Crippen molar-refractivity contribution < 1.29 is 0 Å².